The number of aromatic nitrogens is 1. The summed E-state index contributed by atoms with van der Waals surface area (Å²) in [6.45, 7) is 0. The van der Waals surface area contributed by atoms with Gasteiger partial charge in [0, 0.05) is 0 Å². The molecule has 1 heterocycles. The number of rotatable bonds is 2. The van der Waals surface area contributed by atoms with Crippen LogP contribution < -0.4 is 5.73 Å². The number of nitrogens with zero attached hydrogens (tertiary/aromatic N) is 1. The molecule has 1 aromatic heterocycles. The lowest BCUT2D eigenvalue weighted by Crippen LogP contribution is -2.07. The standard InChI is InChI=1S/C12H11ClN2O/c13-9-10(16-15-11(9)14)12(6-7-12)8-4-2-1-3-5-8/h1-5H,6-7H2,(H2,14,15). The van der Waals surface area contributed by atoms with Crippen molar-refractivity contribution in [1.82, 2.24) is 5.16 Å². The SMILES string of the molecule is Nc1noc(C2(c3ccccc3)CC2)c1Cl. The van der Waals surface area contributed by atoms with Crippen LogP contribution in [0.1, 0.15) is 24.2 Å². The first-order valence-corrected chi connectivity index (χ1v) is 5.58. The van der Waals surface area contributed by atoms with Crippen molar-refractivity contribution in [2.24, 2.45) is 0 Å². The second-order valence-corrected chi connectivity index (χ2v) is 4.54. The minimum Gasteiger partial charge on any atom is -0.380 e. The van der Waals surface area contributed by atoms with Gasteiger partial charge in [0.05, 0.1) is 5.41 Å². The van der Waals surface area contributed by atoms with Crippen LogP contribution in [-0.2, 0) is 5.41 Å². The van der Waals surface area contributed by atoms with Gasteiger partial charge >= 0.3 is 0 Å². The zero-order valence-corrected chi connectivity index (χ0v) is 9.37. The van der Waals surface area contributed by atoms with Gasteiger partial charge in [-0.05, 0) is 18.4 Å². The second-order valence-electron chi connectivity index (χ2n) is 4.16. The van der Waals surface area contributed by atoms with Gasteiger partial charge in [0.15, 0.2) is 11.6 Å². The molecule has 2 N–H and O–H groups in total. The van der Waals surface area contributed by atoms with Gasteiger partial charge in [0.2, 0.25) is 0 Å². The van der Waals surface area contributed by atoms with Crippen molar-refractivity contribution in [3.63, 3.8) is 0 Å². The molecule has 1 fully saturated rings. The topological polar surface area (TPSA) is 52.0 Å². The monoisotopic (exact) mass is 234 g/mol. The van der Waals surface area contributed by atoms with Gasteiger partial charge in [-0.1, -0.05) is 47.1 Å². The van der Waals surface area contributed by atoms with E-state index in [0.29, 0.717) is 10.8 Å². The number of halogens is 1. The van der Waals surface area contributed by atoms with Gasteiger partial charge in [-0.2, -0.15) is 0 Å². The Labute approximate surface area is 98.2 Å². The van der Waals surface area contributed by atoms with Crippen molar-refractivity contribution in [2.45, 2.75) is 18.3 Å². The van der Waals surface area contributed by atoms with Crippen LogP contribution >= 0.6 is 11.6 Å². The van der Waals surface area contributed by atoms with Crippen LogP contribution in [0.25, 0.3) is 0 Å². The highest BCUT2D eigenvalue weighted by Crippen LogP contribution is 2.55. The summed E-state index contributed by atoms with van der Waals surface area (Å²) in [5, 5.41) is 4.18. The fraction of sp³-hybridized carbons (Fsp3) is 0.250. The molecule has 0 unspecified atom stereocenters. The first-order valence-electron chi connectivity index (χ1n) is 5.21. The molecule has 2 aromatic rings. The van der Waals surface area contributed by atoms with E-state index in [4.69, 9.17) is 21.9 Å². The molecule has 3 nitrogen and oxygen atoms in total. The largest absolute Gasteiger partial charge is 0.380 e. The maximum Gasteiger partial charge on any atom is 0.186 e. The normalized spacial score (nSPS) is 17.3. The van der Waals surface area contributed by atoms with Crippen molar-refractivity contribution in [1.29, 1.82) is 0 Å². The van der Waals surface area contributed by atoms with Crippen molar-refractivity contribution in [2.75, 3.05) is 5.73 Å². The Morgan fingerprint density at radius 1 is 1.25 bits per heavy atom. The number of nitrogens with two attached hydrogens (primary N) is 1. The number of hydrogen-bond donors (Lipinski definition) is 1. The lowest BCUT2D eigenvalue weighted by molar-refractivity contribution is 0.368. The molecule has 0 radical (unpaired) electrons. The number of hydrogen-bond acceptors (Lipinski definition) is 3. The van der Waals surface area contributed by atoms with E-state index in [9.17, 15) is 0 Å². The molecule has 4 heteroatoms. The molecule has 0 aliphatic heterocycles. The summed E-state index contributed by atoms with van der Waals surface area (Å²) in [5.74, 6) is 0.983. The minimum atomic E-state index is -0.0943. The van der Waals surface area contributed by atoms with Crippen LogP contribution in [0.4, 0.5) is 5.82 Å². The molecule has 0 amide bonds. The summed E-state index contributed by atoms with van der Waals surface area (Å²) in [7, 11) is 0. The maximum absolute atomic E-state index is 6.10. The van der Waals surface area contributed by atoms with Crippen LogP contribution in [0.5, 0.6) is 0 Å². The second kappa shape index (κ2) is 3.25. The molecule has 1 aliphatic carbocycles. The summed E-state index contributed by atoms with van der Waals surface area (Å²) in [5.41, 5.74) is 6.73. The van der Waals surface area contributed by atoms with Crippen molar-refractivity contribution < 1.29 is 4.52 Å². The summed E-state index contributed by atoms with van der Waals surface area (Å²) in [4.78, 5) is 0. The molecular weight excluding hydrogens is 224 g/mol. The molecule has 82 valence electrons. The van der Waals surface area contributed by atoms with Gasteiger partial charge in [0.1, 0.15) is 5.02 Å². The van der Waals surface area contributed by atoms with Gasteiger partial charge in [-0.15, -0.1) is 0 Å². The van der Waals surface area contributed by atoms with Crippen LogP contribution in [0, 0.1) is 0 Å². The highest BCUT2D eigenvalue weighted by molar-refractivity contribution is 6.33. The summed E-state index contributed by atoms with van der Waals surface area (Å²) >= 11 is 6.10. The highest BCUT2D eigenvalue weighted by atomic mass is 35.5. The highest BCUT2D eigenvalue weighted by Gasteiger charge is 2.51. The van der Waals surface area contributed by atoms with Gasteiger partial charge in [-0.25, -0.2) is 0 Å². The first-order chi connectivity index (χ1) is 7.74. The van der Waals surface area contributed by atoms with Crippen LogP contribution in [-0.4, -0.2) is 5.16 Å². The van der Waals surface area contributed by atoms with E-state index in [1.54, 1.807) is 0 Å². The van der Waals surface area contributed by atoms with E-state index in [0.717, 1.165) is 12.8 Å². The Balaban J connectivity index is 2.10. The van der Waals surface area contributed by atoms with Gasteiger partial charge < -0.3 is 10.3 Å². The smallest absolute Gasteiger partial charge is 0.186 e. The molecule has 3 rings (SSSR count). The quantitative estimate of drug-likeness (QED) is 0.869. The average Bonchev–Trinajstić information content (AvgIpc) is 3.05. The number of benzene rings is 1. The third-order valence-corrected chi connectivity index (χ3v) is 3.54. The Morgan fingerprint density at radius 3 is 2.44 bits per heavy atom. The number of nitrogen functional groups attached to an aromatic ring is 1. The van der Waals surface area contributed by atoms with E-state index < -0.39 is 0 Å². The summed E-state index contributed by atoms with van der Waals surface area (Å²) in [6, 6.07) is 10.2. The summed E-state index contributed by atoms with van der Waals surface area (Å²) in [6.07, 6.45) is 2.07. The van der Waals surface area contributed by atoms with E-state index in [1.807, 2.05) is 18.2 Å². The molecule has 0 spiro atoms. The minimum absolute atomic E-state index is 0.0943. The Hall–Kier alpha value is -1.48. The third-order valence-electron chi connectivity index (χ3n) is 3.17. The zero-order valence-electron chi connectivity index (χ0n) is 8.61. The van der Waals surface area contributed by atoms with E-state index >= 15 is 0 Å². The molecular formula is C12H11ClN2O. The maximum atomic E-state index is 6.10. The molecule has 0 saturated heterocycles. The Kier molecular flexibility index (Phi) is 1.98. The number of anilines is 1. The first kappa shape index (κ1) is 9.73. The zero-order chi connectivity index (χ0) is 11.2. The molecule has 16 heavy (non-hydrogen) atoms. The predicted molar refractivity (Wildman–Crippen MR) is 62.4 cm³/mol. The lowest BCUT2D eigenvalue weighted by Gasteiger charge is -2.11. The molecule has 1 aromatic carbocycles. The van der Waals surface area contributed by atoms with Crippen LogP contribution in [0.3, 0.4) is 0 Å². The molecule has 0 bridgehead atoms. The summed E-state index contributed by atoms with van der Waals surface area (Å²) < 4.78 is 5.27. The fourth-order valence-corrected chi connectivity index (χ4v) is 2.37. The van der Waals surface area contributed by atoms with Crippen molar-refractivity contribution in [3.05, 3.63) is 46.7 Å². The average molecular weight is 235 g/mol. The third kappa shape index (κ3) is 1.25. The van der Waals surface area contributed by atoms with Crippen molar-refractivity contribution >= 4 is 17.4 Å². The Bertz CT molecular complexity index is 517. The van der Waals surface area contributed by atoms with E-state index in [1.165, 1.54) is 5.56 Å². The van der Waals surface area contributed by atoms with E-state index in [-0.39, 0.29) is 11.2 Å². The Morgan fingerprint density at radius 2 is 1.94 bits per heavy atom. The van der Waals surface area contributed by atoms with Gasteiger partial charge in [-0.3, -0.25) is 0 Å². The molecule has 1 saturated carbocycles. The predicted octanol–water partition coefficient (Wildman–Crippen LogP) is 2.99. The molecule has 0 atom stereocenters. The van der Waals surface area contributed by atoms with Gasteiger partial charge in [0.25, 0.3) is 0 Å². The van der Waals surface area contributed by atoms with Crippen LogP contribution in [0.2, 0.25) is 5.02 Å². The van der Waals surface area contributed by atoms with Crippen LogP contribution in [0.15, 0.2) is 34.9 Å². The fourth-order valence-electron chi connectivity index (χ4n) is 2.12. The molecule has 1 aliphatic rings. The van der Waals surface area contributed by atoms with Crippen molar-refractivity contribution in [3.8, 4) is 0 Å². The van der Waals surface area contributed by atoms with E-state index in [2.05, 4.69) is 17.3 Å². The lowest BCUT2D eigenvalue weighted by atomic mass is 9.93.